The molecule has 3 aromatic rings. The quantitative estimate of drug-likeness (QED) is 0.361. The summed E-state index contributed by atoms with van der Waals surface area (Å²) < 4.78 is 40.0. The zero-order chi connectivity index (χ0) is 21.5. The Bertz CT molecular complexity index is 1010. The van der Waals surface area contributed by atoms with Gasteiger partial charge in [-0.3, -0.25) is 4.79 Å². The third-order valence-electron chi connectivity index (χ3n) is 3.95. The number of aryl methyl sites for hydroxylation is 1. The van der Waals surface area contributed by atoms with Crippen LogP contribution in [0, 0.1) is 6.92 Å². The Morgan fingerprint density at radius 2 is 1.90 bits per heavy atom. The average Bonchev–Trinajstić information content (AvgIpc) is 3.25. The fourth-order valence-electron chi connectivity index (χ4n) is 2.51. The molecule has 0 amide bonds. The van der Waals surface area contributed by atoms with E-state index in [1.54, 1.807) is 30.6 Å². The molecule has 9 heteroatoms. The number of carbonyl (C=O) groups excluding carboxylic acids is 2. The number of ether oxygens (including phenoxy) is 3. The van der Waals surface area contributed by atoms with E-state index < -0.39 is 25.0 Å². The van der Waals surface area contributed by atoms with Crippen LogP contribution in [0.2, 0.25) is 0 Å². The van der Waals surface area contributed by atoms with Gasteiger partial charge in [-0.15, -0.1) is 11.3 Å². The van der Waals surface area contributed by atoms with Crippen molar-refractivity contribution >= 4 is 23.1 Å². The topological polar surface area (TPSA) is 74.7 Å². The van der Waals surface area contributed by atoms with E-state index in [-0.39, 0.29) is 16.9 Å². The van der Waals surface area contributed by atoms with Gasteiger partial charge >= 0.3 is 12.6 Å². The highest BCUT2D eigenvalue weighted by Crippen LogP contribution is 2.23. The Hall–Kier alpha value is -3.33. The molecular formula is C21H17F2NO5S. The van der Waals surface area contributed by atoms with Crippen LogP contribution in [0.4, 0.5) is 8.78 Å². The number of thiazole rings is 1. The number of halogens is 2. The Morgan fingerprint density at radius 1 is 1.13 bits per heavy atom. The minimum atomic E-state index is -3.07. The second kappa shape index (κ2) is 9.93. The van der Waals surface area contributed by atoms with Gasteiger partial charge in [0.2, 0.25) is 5.78 Å². The molecule has 0 atom stereocenters. The first-order chi connectivity index (χ1) is 14.4. The zero-order valence-electron chi connectivity index (χ0n) is 15.8. The van der Waals surface area contributed by atoms with Crippen LogP contribution in [0.3, 0.4) is 0 Å². The van der Waals surface area contributed by atoms with E-state index >= 15 is 0 Å². The van der Waals surface area contributed by atoms with Crippen LogP contribution < -0.4 is 9.47 Å². The van der Waals surface area contributed by atoms with E-state index in [1.165, 1.54) is 35.6 Å². The lowest BCUT2D eigenvalue weighted by Crippen LogP contribution is -2.16. The van der Waals surface area contributed by atoms with Crippen molar-refractivity contribution in [2.45, 2.75) is 20.1 Å². The van der Waals surface area contributed by atoms with Crippen molar-refractivity contribution < 1.29 is 32.6 Å². The molecule has 0 saturated heterocycles. The second-order valence-corrected chi connectivity index (χ2v) is 6.89. The van der Waals surface area contributed by atoms with Crippen LogP contribution in [0.1, 0.15) is 32.0 Å². The standard InChI is InChI=1S/C21H17F2NO5S/c1-13-2-7-19(29-21(22)23)17(8-13)18(25)10-28-20(26)14-3-5-16(6-4-14)27-9-15-11-30-12-24-15/h2-8,11-12,21H,9-10H2,1H3. The van der Waals surface area contributed by atoms with E-state index in [9.17, 15) is 18.4 Å². The number of alkyl halides is 2. The lowest BCUT2D eigenvalue weighted by molar-refractivity contribution is -0.0502. The number of carbonyl (C=O) groups is 2. The molecule has 0 fully saturated rings. The maximum Gasteiger partial charge on any atom is 0.387 e. The van der Waals surface area contributed by atoms with Crippen molar-refractivity contribution in [1.29, 1.82) is 0 Å². The SMILES string of the molecule is Cc1ccc(OC(F)F)c(C(=O)COC(=O)c2ccc(OCc3cscn3)cc2)c1. The first-order valence-corrected chi connectivity index (χ1v) is 9.72. The average molecular weight is 433 g/mol. The van der Waals surface area contributed by atoms with Crippen molar-refractivity contribution in [2.75, 3.05) is 6.61 Å². The lowest BCUT2D eigenvalue weighted by Gasteiger charge is -2.11. The summed E-state index contributed by atoms with van der Waals surface area (Å²) in [5, 5.41) is 1.87. The van der Waals surface area contributed by atoms with Gasteiger partial charge in [0.25, 0.3) is 0 Å². The number of esters is 1. The van der Waals surface area contributed by atoms with Gasteiger partial charge in [0.15, 0.2) is 6.61 Å². The monoisotopic (exact) mass is 433 g/mol. The summed E-state index contributed by atoms with van der Waals surface area (Å²) in [7, 11) is 0. The Morgan fingerprint density at radius 3 is 2.57 bits per heavy atom. The van der Waals surface area contributed by atoms with E-state index in [2.05, 4.69) is 9.72 Å². The highest BCUT2D eigenvalue weighted by molar-refractivity contribution is 7.07. The first kappa shape index (κ1) is 21.4. The first-order valence-electron chi connectivity index (χ1n) is 8.78. The minimum absolute atomic E-state index is 0.0751. The van der Waals surface area contributed by atoms with Crippen molar-refractivity contribution in [3.05, 3.63) is 75.7 Å². The van der Waals surface area contributed by atoms with Crippen LogP contribution in [-0.4, -0.2) is 30.0 Å². The predicted octanol–water partition coefficient (Wildman–Crippen LogP) is 4.67. The van der Waals surface area contributed by atoms with Crippen LogP contribution in [0.25, 0.3) is 0 Å². The molecule has 156 valence electrons. The number of Topliss-reactive ketones (excluding diaryl/α,β-unsaturated/α-hetero) is 1. The van der Waals surface area contributed by atoms with E-state index in [0.717, 1.165) is 5.69 Å². The maximum absolute atomic E-state index is 12.5. The largest absolute Gasteiger partial charge is 0.487 e. The van der Waals surface area contributed by atoms with E-state index in [4.69, 9.17) is 9.47 Å². The van der Waals surface area contributed by atoms with Crippen molar-refractivity contribution in [2.24, 2.45) is 0 Å². The summed E-state index contributed by atoms with van der Waals surface area (Å²) in [4.78, 5) is 28.7. The summed E-state index contributed by atoms with van der Waals surface area (Å²) in [6, 6.07) is 10.4. The summed E-state index contributed by atoms with van der Waals surface area (Å²) in [6.45, 7) is -1.67. The van der Waals surface area contributed by atoms with E-state index in [1.807, 2.05) is 5.38 Å². The Labute approximate surface area is 175 Å². The maximum atomic E-state index is 12.5. The van der Waals surface area contributed by atoms with Crippen molar-refractivity contribution in [1.82, 2.24) is 4.98 Å². The molecule has 3 rings (SSSR count). The molecule has 1 aromatic heterocycles. The highest BCUT2D eigenvalue weighted by atomic mass is 32.1. The molecule has 2 aromatic carbocycles. The normalized spacial score (nSPS) is 10.7. The number of hydrogen-bond donors (Lipinski definition) is 0. The summed E-state index contributed by atoms with van der Waals surface area (Å²) in [5.41, 5.74) is 3.33. The van der Waals surface area contributed by atoms with Crippen molar-refractivity contribution in [3.8, 4) is 11.5 Å². The van der Waals surface area contributed by atoms with Gasteiger partial charge in [-0.2, -0.15) is 8.78 Å². The van der Waals surface area contributed by atoms with Crippen LogP contribution >= 0.6 is 11.3 Å². The van der Waals surface area contributed by atoms with Gasteiger partial charge in [-0.05, 0) is 43.3 Å². The lowest BCUT2D eigenvalue weighted by atomic mass is 10.1. The molecule has 0 spiro atoms. The van der Waals surface area contributed by atoms with Crippen LogP contribution in [0.15, 0.2) is 53.4 Å². The molecule has 0 aliphatic heterocycles. The molecule has 6 nitrogen and oxygen atoms in total. The number of aromatic nitrogens is 1. The molecule has 0 aliphatic rings. The third kappa shape index (κ3) is 5.84. The molecule has 0 N–H and O–H groups in total. The van der Waals surface area contributed by atoms with Gasteiger partial charge in [-0.1, -0.05) is 11.6 Å². The third-order valence-corrected chi connectivity index (χ3v) is 4.58. The molecule has 30 heavy (non-hydrogen) atoms. The molecule has 0 aliphatic carbocycles. The Balaban J connectivity index is 1.57. The fraction of sp³-hybridized carbons (Fsp3) is 0.190. The molecule has 0 saturated carbocycles. The number of ketones is 1. The predicted molar refractivity (Wildman–Crippen MR) is 105 cm³/mol. The number of benzene rings is 2. The number of nitrogens with zero attached hydrogens (tertiary/aromatic N) is 1. The minimum Gasteiger partial charge on any atom is -0.487 e. The summed E-state index contributed by atoms with van der Waals surface area (Å²) in [6.07, 6.45) is 0. The number of hydrogen-bond acceptors (Lipinski definition) is 7. The molecule has 0 radical (unpaired) electrons. The molecule has 0 unspecified atom stereocenters. The molecule has 1 heterocycles. The second-order valence-electron chi connectivity index (χ2n) is 6.17. The zero-order valence-corrected chi connectivity index (χ0v) is 16.7. The van der Waals surface area contributed by atoms with Gasteiger partial charge < -0.3 is 14.2 Å². The Kier molecular flexibility index (Phi) is 7.08. The fourth-order valence-corrected chi connectivity index (χ4v) is 3.05. The summed E-state index contributed by atoms with van der Waals surface area (Å²) in [5.74, 6) is -1.09. The molecule has 0 bridgehead atoms. The summed E-state index contributed by atoms with van der Waals surface area (Å²) >= 11 is 1.47. The smallest absolute Gasteiger partial charge is 0.387 e. The van der Waals surface area contributed by atoms with Crippen molar-refractivity contribution in [3.63, 3.8) is 0 Å². The highest BCUT2D eigenvalue weighted by Gasteiger charge is 2.18. The van der Waals surface area contributed by atoms with Gasteiger partial charge in [0.05, 0.1) is 22.3 Å². The number of rotatable bonds is 9. The molecular weight excluding hydrogens is 416 g/mol. The van der Waals surface area contributed by atoms with E-state index in [0.29, 0.717) is 17.9 Å². The van der Waals surface area contributed by atoms with Gasteiger partial charge in [0, 0.05) is 5.38 Å². The van der Waals surface area contributed by atoms with Crippen LogP contribution in [-0.2, 0) is 11.3 Å². The van der Waals surface area contributed by atoms with Crippen LogP contribution in [0.5, 0.6) is 11.5 Å². The van der Waals surface area contributed by atoms with Gasteiger partial charge in [0.1, 0.15) is 18.1 Å². The van der Waals surface area contributed by atoms with Gasteiger partial charge in [-0.25, -0.2) is 9.78 Å².